The number of aliphatic hydroxyl groups excluding tert-OH is 1. The van der Waals surface area contributed by atoms with E-state index in [2.05, 4.69) is 0 Å². The van der Waals surface area contributed by atoms with E-state index in [-0.39, 0.29) is 24.9 Å². The summed E-state index contributed by atoms with van der Waals surface area (Å²) in [6, 6.07) is 1.32. The first-order valence-corrected chi connectivity index (χ1v) is 8.08. The SMILES string of the molecule is O=S(=O)(c1ccc(F)c(F)c1F)N1CC2CCC(O)C2C1. The lowest BCUT2D eigenvalue weighted by molar-refractivity contribution is 0.129. The number of rotatable bonds is 2. The van der Waals surface area contributed by atoms with Gasteiger partial charge < -0.3 is 5.11 Å². The van der Waals surface area contributed by atoms with Gasteiger partial charge in [0.2, 0.25) is 10.0 Å². The Morgan fingerprint density at radius 1 is 1.10 bits per heavy atom. The third-order valence-electron chi connectivity index (χ3n) is 4.40. The normalized spacial score (nSPS) is 29.8. The average Bonchev–Trinajstić information content (AvgIpc) is 2.99. The highest BCUT2D eigenvalue weighted by Crippen LogP contribution is 2.40. The first-order chi connectivity index (χ1) is 9.82. The second-order valence-electron chi connectivity index (χ2n) is 5.56. The summed E-state index contributed by atoms with van der Waals surface area (Å²) in [5.74, 6) is -5.07. The summed E-state index contributed by atoms with van der Waals surface area (Å²) < 4.78 is 65.6. The molecule has 8 heteroatoms. The Labute approximate surface area is 120 Å². The molecule has 2 fully saturated rings. The lowest BCUT2D eigenvalue weighted by atomic mass is 10.00. The molecule has 3 atom stereocenters. The van der Waals surface area contributed by atoms with Gasteiger partial charge in [0.15, 0.2) is 17.5 Å². The van der Waals surface area contributed by atoms with Crippen molar-refractivity contribution in [3.8, 4) is 0 Å². The molecular formula is C13H14F3NO3S. The number of sulfonamides is 1. The molecule has 1 saturated carbocycles. The minimum absolute atomic E-state index is 0.0307. The van der Waals surface area contributed by atoms with Crippen LogP contribution in [0.3, 0.4) is 0 Å². The number of fused-ring (bicyclic) bond motifs is 1. The van der Waals surface area contributed by atoms with E-state index >= 15 is 0 Å². The summed E-state index contributed by atoms with van der Waals surface area (Å²) in [7, 11) is -4.23. The van der Waals surface area contributed by atoms with Gasteiger partial charge in [0.1, 0.15) is 4.90 Å². The van der Waals surface area contributed by atoms with Gasteiger partial charge in [0.25, 0.3) is 0 Å². The fraction of sp³-hybridized carbons (Fsp3) is 0.538. The van der Waals surface area contributed by atoms with Crippen molar-refractivity contribution in [2.24, 2.45) is 11.8 Å². The molecular weight excluding hydrogens is 307 g/mol. The maximum atomic E-state index is 13.7. The Kier molecular flexibility index (Phi) is 3.50. The van der Waals surface area contributed by atoms with Gasteiger partial charge >= 0.3 is 0 Å². The molecule has 0 aromatic heterocycles. The van der Waals surface area contributed by atoms with Gasteiger partial charge in [-0.05, 0) is 30.9 Å². The lowest BCUT2D eigenvalue weighted by Gasteiger charge is -2.18. The average molecular weight is 321 g/mol. The molecule has 1 saturated heterocycles. The Hall–Kier alpha value is -1.12. The van der Waals surface area contributed by atoms with E-state index < -0.39 is 38.5 Å². The second-order valence-corrected chi connectivity index (χ2v) is 7.47. The van der Waals surface area contributed by atoms with Crippen LogP contribution in [0.15, 0.2) is 17.0 Å². The first kappa shape index (κ1) is 14.8. The van der Waals surface area contributed by atoms with Crippen molar-refractivity contribution in [3.05, 3.63) is 29.6 Å². The summed E-state index contributed by atoms with van der Waals surface area (Å²) >= 11 is 0. The highest BCUT2D eigenvalue weighted by molar-refractivity contribution is 7.89. The van der Waals surface area contributed by atoms with Crippen LogP contribution in [0.25, 0.3) is 0 Å². The zero-order valence-corrected chi connectivity index (χ0v) is 11.8. The summed E-state index contributed by atoms with van der Waals surface area (Å²) in [5.41, 5.74) is 0. The molecule has 1 aromatic rings. The highest BCUT2D eigenvalue weighted by Gasteiger charge is 2.46. The summed E-state index contributed by atoms with van der Waals surface area (Å²) in [5, 5.41) is 9.78. The Bertz CT molecular complexity index is 679. The van der Waals surface area contributed by atoms with Gasteiger partial charge in [0, 0.05) is 19.0 Å². The van der Waals surface area contributed by atoms with Crippen LogP contribution in [0.5, 0.6) is 0 Å². The van der Waals surface area contributed by atoms with Gasteiger partial charge in [-0.3, -0.25) is 0 Å². The Morgan fingerprint density at radius 2 is 1.81 bits per heavy atom. The molecule has 1 heterocycles. The van der Waals surface area contributed by atoms with Crippen molar-refractivity contribution in [2.75, 3.05) is 13.1 Å². The standard InChI is InChI=1S/C13H14F3NO3S/c14-9-2-4-11(13(16)12(9)15)21(19,20)17-5-7-1-3-10(18)8(7)6-17/h2,4,7-8,10,18H,1,3,5-6H2. The molecule has 1 aromatic carbocycles. The third-order valence-corrected chi connectivity index (χ3v) is 6.25. The molecule has 3 unspecified atom stereocenters. The van der Waals surface area contributed by atoms with Crippen molar-refractivity contribution in [2.45, 2.75) is 23.8 Å². The van der Waals surface area contributed by atoms with Crippen LogP contribution in [0, 0.1) is 29.3 Å². The number of aliphatic hydroxyl groups is 1. The van der Waals surface area contributed by atoms with Crippen molar-refractivity contribution in [3.63, 3.8) is 0 Å². The van der Waals surface area contributed by atoms with Crippen molar-refractivity contribution in [1.82, 2.24) is 4.31 Å². The molecule has 21 heavy (non-hydrogen) atoms. The summed E-state index contributed by atoms with van der Waals surface area (Å²) in [6.45, 7) is 0.245. The molecule has 1 aliphatic carbocycles. The minimum Gasteiger partial charge on any atom is -0.393 e. The van der Waals surface area contributed by atoms with E-state index in [1.807, 2.05) is 0 Å². The van der Waals surface area contributed by atoms with Gasteiger partial charge in [-0.1, -0.05) is 0 Å². The van der Waals surface area contributed by atoms with Crippen LogP contribution < -0.4 is 0 Å². The van der Waals surface area contributed by atoms with Crippen molar-refractivity contribution in [1.29, 1.82) is 0 Å². The summed E-state index contributed by atoms with van der Waals surface area (Å²) in [4.78, 5) is -0.865. The number of hydrogen-bond acceptors (Lipinski definition) is 3. The number of halogens is 3. The molecule has 1 aliphatic heterocycles. The maximum Gasteiger partial charge on any atom is 0.246 e. The van der Waals surface area contributed by atoms with Crippen molar-refractivity contribution >= 4 is 10.0 Å². The number of nitrogens with zero attached hydrogens (tertiary/aromatic N) is 1. The van der Waals surface area contributed by atoms with E-state index in [0.717, 1.165) is 10.4 Å². The lowest BCUT2D eigenvalue weighted by Crippen LogP contribution is -2.32. The summed E-state index contributed by atoms with van der Waals surface area (Å²) in [6.07, 6.45) is 0.769. The van der Waals surface area contributed by atoms with Crippen LogP contribution in [-0.2, 0) is 10.0 Å². The minimum atomic E-state index is -4.23. The monoisotopic (exact) mass is 321 g/mol. The van der Waals surface area contributed by atoms with E-state index in [1.54, 1.807) is 0 Å². The van der Waals surface area contributed by atoms with E-state index in [1.165, 1.54) is 0 Å². The van der Waals surface area contributed by atoms with Gasteiger partial charge in [-0.2, -0.15) is 4.31 Å². The predicted molar refractivity (Wildman–Crippen MR) is 67.3 cm³/mol. The Balaban J connectivity index is 1.94. The quantitative estimate of drug-likeness (QED) is 0.840. The van der Waals surface area contributed by atoms with Gasteiger partial charge in [-0.25, -0.2) is 21.6 Å². The van der Waals surface area contributed by atoms with Crippen molar-refractivity contribution < 1.29 is 26.7 Å². The fourth-order valence-electron chi connectivity index (χ4n) is 3.24. The zero-order valence-electron chi connectivity index (χ0n) is 11.0. The topological polar surface area (TPSA) is 57.6 Å². The number of benzene rings is 1. The molecule has 1 N–H and O–H groups in total. The third kappa shape index (κ3) is 2.25. The van der Waals surface area contributed by atoms with E-state index in [4.69, 9.17) is 0 Å². The van der Waals surface area contributed by atoms with Crippen LogP contribution in [0.4, 0.5) is 13.2 Å². The Morgan fingerprint density at radius 3 is 2.48 bits per heavy atom. The first-order valence-electron chi connectivity index (χ1n) is 6.64. The van der Waals surface area contributed by atoms with Crippen LogP contribution >= 0.6 is 0 Å². The molecule has 116 valence electrons. The van der Waals surface area contributed by atoms with E-state index in [0.29, 0.717) is 18.9 Å². The molecule has 4 nitrogen and oxygen atoms in total. The molecule has 0 bridgehead atoms. The second kappa shape index (κ2) is 4.96. The van der Waals surface area contributed by atoms with E-state index in [9.17, 15) is 26.7 Å². The molecule has 2 aliphatic rings. The smallest absolute Gasteiger partial charge is 0.246 e. The molecule has 0 radical (unpaired) electrons. The van der Waals surface area contributed by atoms with Gasteiger partial charge in [0.05, 0.1) is 6.10 Å². The largest absolute Gasteiger partial charge is 0.393 e. The van der Waals surface area contributed by atoms with Gasteiger partial charge in [-0.15, -0.1) is 0 Å². The molecule has 0 amide bonds. The van der Waals surface area contributed by atoms with Crippen LogP contribution in [-0.4, -0.2) is 37.0 Å². The van der Waals surface area contributed by atoms with Crippen LogP contribution in [0.2, 0.25) is 0 Å². The van der Waals surface area contributed by atoms with Crippen LogP contribution in [0.1, 0.15) is 12.8 Å². The molecule has 0 spiro atoms. The molecule has 3 rings (SSSR count). The number of hydrogen-bond donors (Lipinski definition) is 1. The zero-order chi connectivity index (χ0) is 15.4. The fourth-order valence-corrected chi connectivity index (χ4v) is 4.83. The maximum absolute atomic E-state index is 13.7. The predicted octanol–water partition coefficient (Wildman–Crippen LogP) is 1.50. The highest BCUT2D eigenvalue weighted by atomic mass is 32.2.